The van der Waals surface area contributed by atoms with E-state index < -0.39 is 0 Å². The van der Waals surface area contributed by atoms with Crippen molar-refractivity contribution in [2.24, 2.45) is 5.84 Å². The summed E-state index contributed by atoms with van der Waals surface area (Å²) < 4.78 is 0. The Hall–Kier alpha value is -0.340. The summed E-state index contributed by atoms with van der Waals surface area (Å²) in [5.74, 6) is 5.01. The molecule has 0 bridgehead atoms. The van der Waals surface area contributed by atoms with Gasteiger partial charge in [0.1, 0.15) is 0 Å². The van der Waals surface area contributed by atoms with E-state index in [0.717, 1.165) is 6.54 Å². The molecule has 7 heavy (non-hydrogen) atoms. The summed E-state index contributed by atoms with van der Waals surface area (Å²) in [6.45, 7) is 4.81. The van der Waals surface area contributed by atoms with Gasteiger partial charge in [-0.25, -0.2) is 0 Å². The van der Waals surface area contributed by atoms with Gasteiger partial charge in [0, 0.05) is 6.54 Å². The van der Waals surface area contributed by atoms with Crippen LogP contribution in [0.5, 0.6) is 0 Å². The van der Waals surface area contributed by atoms with Crippen molar-refractivity contribution in [2.45, 2.75) is 13.8 Å². The predicted molar refractivity (Wildman–Crippen MR) is 31.6 cm³/mol. The number of rotatable bonds is 2. The van der Waals surface area contributed by atoms with Crippen molar-refractivity contribution in [3.8, 4) is 0 Å². The zero-order valence-corrected chi connectivity index (χ0v) is 4.86. The van der Waals surface area contributed by atoms with Crippen LogP contribution < -0.4 is 11.3 Å². The molecule has 0 saturated carbocycles. The van der Waals surface area contributed by atoms with Crippen LogP contribution in [-0.4, -0.2) is 6.54 Å². The van der Waals surface area contributed by atoms with E-state index in [2.05, 4.69) is 5.43 Å². The first-order valence-electron chi connectivity index (χ1n) is 2.36. The first kappa shape index (κ1) is 6.66. The zero-order valence-electron chi connectivity index (χ0n) is 4.86. The molecule has 0 spiro atoms. The highest BCUT2D eigenvalue weighted by molar-refractivity contribution is 4.96. The molecule has 0 unspecified atom stereocenters. The highest BCUT2D eigenvalue weighted by Gasteiger charge is 1.78. The second kappa shape index (κ2) is 3.84. The average Bonchev–Trinajstić information content (AvgIpc) is 1.68. The lowest BCUT2D eigenvalue weighted by atomic mass is 10.3. The first-order chi connectivity index (χ1) is 3.31. The monoisotopic (exact) mass is 100 g/mol. The van der Waals surface area contributed by atoms with Crippen molar-refractivity contribution >= 4 is 0 Å². The standard InChI is InChI=1S/C5H12N2/c1-3-5(2)4-7-6/h3,7H,4,6H2,1-2H3/b5-3+. The summed E-state index contributed by atoms with van der Waals surface area (Å²) in [7, 11) is 0. The van der Waals surface area contributed by atoms with Crippen LogP contribution in [0.3, 0.4) is 0 Å². The number of nitrogens with two attached hydrogens (primary N) is 1. The molecule has 0 fully saturated rings. The minimum Gasteiger partial charge on any atom is -0.271 e. The van der Waals surface area contributed by atoms with Gasteiger partial charge < -0.3 is 0 Å². The SMILES string of the molecule is C/C=C(\C)CNN. The lowest BCUT2D eigenvalue weighted by Crippen LogP contribution is -2.23. The minimum atomic E-state index is 0.788. The molecule has 3 N–H and O–H groups in total. The Balaban J connectivity index is 3.17. The van der Waals surface area contributed by atoms with Crippen LogP contribution in [0.4, 0.5) is 0 Å². The fourth-order valence-electron chi connectivity index (χ4n) is 0.263. The summed E-state index contributed by atoms with van der Waals surface area (Å²) in [5, 5.41) is 0. The number of hydrogen-bond acceptors (Lipinski definition) is 2. The zero-order chi connectivity index (χ0) is 5.70. The van der Waals surface area contributed by atoms with Crippen LogP contribution in [0.15, 0.2) is 11.6 Å². The Labute approximate surface area is 44.4 Å². The Morgan fingerprint density at radius 1 is 1.86 bits per heavy atom. The second-order valence-electron chi connectivity index (χ2n) is 1.52. The van der Waals surface area contributed by atoms with Crippen molar-refractivity contribution in [1.29, 1.82) is 0 Å². The van der Waals surface area contributed by atoms with E-state index in [1.807, 2.05) is 19.9 Å². The Kier molecular flexibility index (Phi) is 3.65. The van der Waals surface area contributed by atoms with Gasteiger partial charge in [-0.1, -0.05) is 11.6 Å². The van der Waals surface area contributed by atoms with E-state index in [1.54, 1.807) is 0 Å². The molecule has 0 aliphatic rings. The van der Waals surface area contributed by atoms with E-state index >= 15 is 0 Å². The maximum absolute atomic E-state index is 5.01. The number of allylic oxidation sites excluding steroid dienone is 1. The van der Waals surface area contributed by atoms with Gasteiger partial charge in [0.2, 0.25) is 0 Å². The molecular weight excluding hydrogens is 88.1 g/mol. The Bertz CT molecular complexity index is 66.5. The molecule has 0 aliphatic carbocycles. The molecule has 0 aliphatic heterocycles. The molecule has 0 aromatic rings. The lowest BCUT2D eigenvalue weighted by molar-refractivity contribution is 0.795. The van der Waals surface area contributed by atoms with Crippen molar-refractivity contribution in [3.05, 3.63) is 11.6 Å². The average molecular weight is 100 g/mol. The maximum Gasteiger partial charge on any atom is 0.0305 e. The van der Waals surface area contributed by atoms with Crippen LogP contribution in [-0.2, 0) is 0 Å². The molecule has 0 amide bonds. The third-order valence-corrected chi connectivity index (χ3v) is 0.874. The molecule has 2 nitrogen and oxygen atoms in total. The fraction of sp³-hybridized carbons (Fsp3) is 0.600. The summed E-state index contributed by atoms with van der Waals surface area (Å²) in [5.41, 5.74) is 3.82. The predicted octanol–water partition coefficient (Wildman–Crippen LogP) is 0.416. The molecule has 0 aromatic carbocycles. The van der Waals surface area contributed by atoms with Gasteiger partial charge in [-0.3, -0.25) is 11.3 Å². The van der Waals surface area contributed by atoms with E-state index in [9.17, 15) is 0 Å². The molecule has 0 heterocycles. The van der Waals surface area contributed by atoms with Crippen molar-refractivity contribution in [3.63, 3.8) is 0 Å². The van der Waals surface area contributed by atoms with Crippen LogP contribution in [0.1, 0.15) is 13.8 Å². The Morgan fingerprint density at radius 3 is 2.57 bits per heavy atom. The molecule has 0 atom stereocenters. The maximum atomic E-state index is 5.01. The van der Waals surface area contributed by atoms with E-state index in [1.165, 1.54) is 5.57 Å². The van der Waals surface area contributed by atoms with Crippen molar-refractivity contribution < 1.29 is 0 Å². The molecule has 42 valence electrons. The summed E-state index contributed by atoms with van der Waals surface area (Å²) in [6, 6.07) is 0. The highest BCUT2D eigenvalue weighted by Crippen LogP contribution is 1.84. The number of hydrazine groups is 1. The normalized spacial score (nSPS) is 12.1. The third-order valence-electron chi connectivity index (χ3n) is 0.874. The van der Waals surface area contributed by atoms with Gasteiger partial charge in [-0.15, -0.1) is 0 Å². The first-order valence-corrected chi connectivity index (χ1v) is 2.36. The lowest BCUT2D eigenvalue weighted by Gasteiger charge is -1.93. The van der Waals surface area contributed by atoms with Gasteiger partial charge >= 0.3 is 0 Å². The van der Waals surface area contributed by atoms with E-state index in [0.29, 0.717) is 0 Å². The topological polar surface area (TPSA) is 38.0 Å². The summed E-state index contributed by atoms with van der Waals surface area (Å²) in [6.07, 6.45) is 2.03. The van der Waals surface area contributed by atoms with Crippen molar-refractivity contribution in [2.75, 3.05) is 6.54 Å². The number of hydrogen-bond donors (Lipinski definition) is 2. The summed E-state index contributed by atoms with van der Waals surface area (Å²) in [4.78, 5) is 0. The summed E-state index contributed by atoms with van der Waals surface area (Å²) >= 11 is 0. The van der Waals surface area contributed by atoms with Crippen LogP contribution in [0.25, 0.3) is 0 Å². The molecule has 0 rings (SSSR count). The Morgan fingerprint density at radius 2 is 2.43 bits per heavy atom. The van der Waals surface area contributed by atoms with Crippen molar-refractivity contribution in [1.82, 2.24) is 5.43 Å². The van der Waals surface area contributed by atoms with Gasteiger partial charge in [0.05, 0.1) is 0 Å². The molecule has 2 heteroatoms. The molecule has 0 aromatic heterocycles. The second-order valence-corrected chi connectivity index (χ2v) is 1.52. The van der Waals surface area contributed by atoms with E-state index in [4.69, 9.17) is 5.84 Å². The fourth-order valence-corrected chi connectivity index (χ4v) is 0.263. The molecular formula is C5H12N2. The van der Waals surface area contributed by atoms with E-state index in [-0.39, 0.29) is 0 Å². The third kappa shape index (κ3) is 3.49. The molecule has 0 radical (unpaired) electrons. The number of nitrogens with one attached hydrogen (secondary N) is 1. The van der Waals surface area contributed by atoms with Gasteiger partial charge in [0.25, 0.3) is 0 Å². The van der Waals surface area contributed by atoms with Crippen LogP contribution in [0.2, 0.25) is 0 Å². The highest BCUT2D eigenvalue weighted by atomic mass is 15.2. The van der Waals surface area contributed by atoms with Crippen LogP contribution >= 0.6 is 0 Å². The molecule has 0 saturated heterocycles. The smallest absolute Gasteiger partial charge is 0.0305 e. The minimum absolute atomic E-state index is 0.788. The van der Waals surface area contributed by atoms with Crippen LogP contribution in [0, 0.1) is 0 Å². The van der Waals surface area contributed by atoms with Gasteiger partial charge in [0.15, 0.2) is 0 Å². The quantitative estimate of drug-likeness (QED) is 0.300. The largest absolute Gasteiger partial charge is 0.271 e. The van der Waals surface area contributed by atoms with Gasteiger partial charge in [-0.05, 0) is 13.8 Å². The van der Waals surface area contributed by atoms with Gasteiger partial charge in [-0.2, -0.15) is 0 Å².